The summed E-state index contributed by atoms with van der Waals surface area (Å²) in [4.78, 5) is 29.8. The molecule has 0 spiro atoms. The largest absolute Gasteiger partial charge is 0.352 e. The lowest BCUT2D eigenvalue weighted by Crippen LogP contribution is -2.55. The van der Waals surface area contributed by atoms with Gasteiger partial charge in [-0.2, -0.15) is 0 Å². The molecule has 0 aliphatic heterocycles. The second kappa shape index (κ2) is 14.6. The zero-order valence-electron chi connectivity index (χ0n) is 24.9. The van der Waals surface area contributed by atoms with Crippen LogP contribution in [0.25, 0.3) is 0 Å². The van der Waals surface area contributed by atoms with Gasteiger partial charge in [0.15, 0.2) is 0 Å². The van der Waals surface area contributed by atoms with E-state index < -0.39 is 28.5 Å². The van der Waals surface area contributed by atoms with Crippen LogP contribution >= 0.6 is 23.2 Å². The van der Waals surface area contributed by atoms with Gasteiger partial charge in [-0.3, -0.25) is 13.9 Å². The average Bonchev–Trinajstić information content (AvgIpc) is 2.96. The van der Waals surface area contributed by atoms with Crippen LogP contribution in [0.5, 0.6) is 0 Å². The van der Waals surface area contributed by atoms with Gasteiger partial charge in [0.1, 0.15) is 12.6 Å². The molecule has 230 valence electrons. The van der Waals surface area contributed by atoms with Crippen molar-refractivity contribution >= 4 is 50.7 Å². The molecule has 2 amide bonds. The van der Waals surface area contributed by atoms with Crippen LogP contribution in [0.3, 0.4) is 0 Å². The Hall–Kier alpha value is -3.07. The molecule has 3 aromatic rings. The van der Waals surface area contributed by atoms with Crippen molar-refractivity contribution in [2.75, 3.05) is 17.1 Å². The highest BCUT2D eigenvalue weighted by atomic mass is 35.5. The van der Waals surface area contributed by atoms with Gasteiger partial charge in [0, 0.05) is 29.1 Å². The van der Waals surface area contributed by atoms with Crippen LogP contribution in [0.4, 0.5) is 5.69 Å². The number of halogens is 2. The third kappa shape index (κ3) is 8.97. The van der Waals surface area contributed by atoms with Gasteiger partial charge in [0.25, 0.3) is 0 Å². The lowest BCUT2D eigenvalue weighted by atomic mass is 9.94. The fourth-order valence-corrected chi connectivity index (χ4v) is 6.74. The van der Waals surface area contributed by atoms with Crippen LogP contribution in [0, 0.1) is 13.8 Å². The molecular weight excluding hydrogens is 605 g/mol. The first-order valence-electron chi connectivity index (χ1n) is 14.5. The van der Waals surface area contributed by atoms with Gasteiger partial charge in [0.05, 0.1) is 11.9 Å². The number of carbonyl (C=O) groups excluding carboxylic acids is 2. The molecule has 3 aromatic carbocycles. The predicted molar refractivity (Wildman–Crippen MR) is 174 cm³/mol. The number of hydrogen-bond donors (Lipinski definition) is 1. The molecule has 0 unspecified atom stereocenters. The molecule has 1 aliphatic rings. The molecule has 7 nitrogen and oxygen atoms in total. The Balaban J connectivity index is 1.75. The highest BCUT2D eigenvalue weighted by Crippen LogP contribution is 2.26. The number of benzene rings is 3. The Labute approximate surface area is 265 Å². The standard InChI is InChI=1S/C33H39Cl2N3O4S/c1-23-14-17-29(18-24(23)2)38(43(3,41)42)22-32(39)37(21-26-15-16-27(34)20-30(26)35)31(19-25-10-6-4-7-11-25)33(40)36-28-12-8-5-9-13-28/h4,6-7,10-11,14-18,20,28,31H,5,8-9,12-13,19,21-22H2,1-3H3,(H,36,40)/t31-/m1/s1. The van der Waals surface area contributed by atoms with Crippen molar-refractivity contribution in [3.8, 4) is 0 Å². The summed E-state index contributed by atoms with van der Waals surface area (Å²) in [6.07, 6.45) is 6.31. The summed E-state index contributed by atoms with van der Waals surface area (Å²) in [5, 5.41) is 3.99. The highest BCUT2D eigenvalue weighted by Gasteiger charge is 2.34. The van der Waals surface area contributed by atoms with Crippen molar-refractivity contribution in [3.63, 3.8) is 0 Å². The van der Waals surface area contributed by atoms with E-state index in [2.05, 4.69) is 5.32 Å². The first kappa shape index (κ1) is 32.8. The minimum Gasteiger partial charge on any atom is -0.352 e. The lowest BCUT2D eigenvalue weighted by Gasteiger charge is -2.35. The van der Waals surface area contributed by atoms with E-state index in [-0.39, 0.29) is 24.9 Å². The Morgan fingerprint density at radius 3 is 2.26 bits per heavy atom. The Bertz CT molecular complexity index is 1540. The van der Waals surface area contributed by atoms with Crippen molar-refractivity contribution in [2.45, 2.75) is 71.0 Å². The molecule has 1 fully saturated rings. The number of carbonyl (C=O) groups is 2. The van der Waals surface area contributed by atoms with Crippen molar-refractivity contribution < 1.29 is 18.0 Å². The van der Waals surface area contributed by atoms with Crippen LogP contribution in [0.15, 0.2) is 66.7 Å². The minimum absolute atomic E-state index is 0.00501. The maximum Gasteiger partial charge on any atom is 0.244 e. The number of amides is 2. The van der Waals surface area contributed by atoms with Gasteiger partial charge < -0.3 is 10.2 Å². The van der Waals surface area contributed by atoms with Crippen LogP contribution in [-0.2, 0) is 32.6 Å². The highest BCUT2D eigenvalue weighted by molar-refractivity contribution is 7.92. The number of anilines is 1. The Morgan fingerprint density at radius 2 is 1.63 bits per heavy atom. The van der Waals surface area contributed by atoms with Crippen molar-refractivity contribution in [3.05, 3.63) is 99.0 Å². The summed E-state index contributed by atoms with van der Waals surface area (Å²) in [5.74, 6) is -0.791. The fourth-order valence-electron chi connectivity index (χ4n) is 5.43. The van der Waals surface area contributed by atoms with E-state index in [1.54, 1.807) is 30.3 Å². The molecule has 10 heteroatoms. The molecule has 0 radical (unpaired) electrons. The Kier molecular flexibility index (Phi) is 11.2. The van der Waals surface area contributed by atoms with Crippen molar-refractivity contribution in [1.29, 1.82) is 0 Å². The lowest BCUT2D eigenvalue weighted by molar-refractivity contribution is -0.140. The van der Waals surface area contributed by atoms with Crippen molar-refractivity contribution in [2.24, 2.45) is 0 Å². The van der Waals surface area contributed by atoms with E-state index in [0.717, 1.165) is 59.4 Å². The summed E-state index contributed by atoms with van der Waals surface area (Å²) >= 11 is 12.7. The van der Waals surface area contributed by atoms with Gasteiger partial charge in [-0.25, -0.2) is 8.42 Å². The van der Waals surface area contributed by atoms with E-state index in [9.17, 15) is 18.0 Å². The van der Waals surface area contributed by atoms with E-state index in [1.165, 1.54) is 4.90 Å². The molecule has 43 heavy (non-hydrogen) atoms. The third-order valence-electron chi connectivity index (χ3n) is 8.04. The molecule has 0 aromatic heterocycles. The number of rotatable bonds is 11. The van der Waals surface area contributed by atoms with Crippen LogP contribution in [-0.4, -0.2) is 50.0 Å². The van der Waals surface area contributed by atoms with Gasteiger partial charge in [-0.15, -0.1) is 0 Å². The first-order chi connectivity index (χ1) is 20.4. The summed E-state index contributed by atoms with van der Waals surface area (Å²) < 4.78 is 27.2. The number of nitrogens with zero attached hydrogens (tertiary/aromatic N) is 2. The maximum absolute atomic E-state index is 14.3. The van der Waals surface area contributed by atoms with E-state index in [4.69, 9.17) is 23.2 Å². The van der Waals surface area contributed by atoms with Gasteiger partial charge in [0.2, 0.25) is 21.8 Å². The topological polar surface area (TPSA) is 86.8 Å². The number of aryl methyl sites for hydroxylation is 2. The Morgan fingerprint density at radius 1 is 0.930 bits per heavy atom. The van der Waals surface area contributed by atoms with E-state index in [1.807, 2.05) is 50.2 Å². The number of nitrogens with one attached hydrogen (secondary N) is 1. The van der Waals surface area contributed by atoms with Crippen LogP contribution in [0.2, 0.25) is 10.0 Å². The van der Waals surface area contributed by atoms with E-state index >= 15 is 0 Å². The summed E-state index contributed by atoms with van der Waals surface area (Å²) in [6, 6.07) is 18.9. The molecule has 0 heterocycles. The summed E-state index contributed by atoms with van der Waals surface area (Å²) in [7, 11) is -3.85. The molecule has 1 N–H and O–H groups in total. The monoisotopic (exact) mass is 643 g/mol. The molecule has 1 aliphatic carbocycles. The summed E-state index contributed by atoms with van der Waals surface area (Å²) in [5.41, 5.74) is 3.76. The van der Waals surface area contributed by atoms with Gasteiger partial charge in [-0.1, -0.05) is 84.9 Å². The molecule has 4 rings (SSSR count). The number of sulfonamides is 1. The SMILES string of the molecule is Cc1ccc(N(CC(=O)N(Cc2ccc(Cl)cc2Cl)[C@H](Cc2ccccc2)C(=O)NC2CCCCC2)S(C)(=O)=O)cc1C. The normalized spacial score (nSPS) is 14.6. The third-order valence-corrected chi connectivity index (χ3v) is 9.76. The minimum atomic E-state index is -3.85. The zero-order chi connectivity index (χ0) is 31.1. The van der Waals surface area contributed by atoms with E-state index in [0.29, 0.717) is 21.3 Å². The molecule has 1 saturated carbocycles. The fraction of sp³-hybridized carbons (Fsp3) is 0.394. The second-order valence-electron chi connectivity index (χ2n) is 11.3. The molecule has 0 saturated heterocycles. The quantitative estimate of drug-likeness (QED) is 0.260. The van der Waals surface area contributed by atoms with Crippen LogP contribution < -0.4 is 9.62 Å². The average molecular weight is 645 g/mol. The maximum atomic E-state index is 14.3. The molecule has 0 bridgehead atoms. The second-order valence-corrected chi connectivity index (χ2v) is 14.1. The predicted octanol–water partition coefficient (Wildman–Crippen LogP) is 6.47. The van der Waals surface area contributed by atoms with Crippen molar-refractivity contribution in [1.82, 2.24) is 10.2 Å². The van der Waals surface area contributed by atoms with Gasteiger partial charge >= 0.3 is 0 Å². The number of hydrogen-bond acceptors (Lipinski definition) is 4. The summed E-state index contributed by atoms with van der Waals surface area (Å²) in [6.45, 7) is 3.34. The van der Waals surface area contributed by atoms with Crippen LogP contribution in [0.1, 0.15) is 54.4 Å². The first-order valence-corrected chi connectivity index (χ1v) is 17.2. The smallest absolute Gasteiger partial charge is 0.244 e. The molecular formula is C33H39Cl2N3O4S. The molecule has 1 atom stereocenters. The van der Waals surface area contributed by atoms with Gasteiger partial charge in [-0.05, 0) is 73.2 Å². The zero-order valence-corrected chi connectivity index (χ0v) is 27.2.